The minimum absolute atomic E-state index is 0.191. The highest BCUT2D eigenvalue weighted by Gasteiger charge is 2.11. The molecule has 1 fully saturated rings. The second kappa shape index (κ2) is 7.60. The Balaban J connectivity index is 1.77. The van der Waals surface area contributed by atoms with Crippen molar-refractivity contribution in [3.8, 4) is 0 Å². The second-order valence-corrected chi connectivity index (χ2v) is 6.46. The lowest BCUT2D eigenvalue weighted by Gasteiger charge is -2.23. The molecule has 0 saturated carbocycles. The van der Waals surface area contributed by atoms with Crippen LogP contribution in [0.25, 0.3) is 6.08 Å². The number of likely N-dealkylation sites (tertiary alicyclic amines) is 1. The summed E-state index contributed by atoms with van der Waals surface area (Å²) >= 11 is 6.19. The quantitative estimate of drug-likeness (QED) is 0.914. The van der Waals surface area contributed by atoms with E-state index >= 15 is 0 Å². The number of carbonyl (C=O) groups excluding carboxylic acids is 1. The average molecular weight is 342 g/mol. The Bertz CT molecular complexity index is 748. The smallest absolute Gasteiger partial charge is 0.256 e. The minimum atomic E-state index is -0.191. The molecule has 3 rings (SSSR count). The summed E-state index contributed by atoms with van der Waals surface area (Å²) in [4.78, 5) is 19.1. The topological polar surface area (TPSA) is 45.2 Å². The first-order valence-electron chi connectivity index (χ1n) is 8.02. The molecular formula is C19H20ClN3O. The van der Waals surface area contributed by atoms with E-state index in [1.165, 1.54) is 5.57 Å². The molecule has 1 N–H and O–H groups in total. The van der Waals surface area contributed by atoms with Gasteiger partial charge in [0.25, 0.3) is 5.91 Å². The predicted molar refractivity (Wildman–Crippen MR) is 98.4 cm³/mol. The van der Waals surface area contributed by atoms with Gasteiger partial charge in [0, 0.05) is 23.7 Å². The van der Waals surface area contributed by atoms with Crippen LogP contribution in [0.4, 0.5) is 5.82 Å². The van der Waals surface area contributed by atoms with Crippen LogP contribution in [0.5, 0.6) is 0 Å². The van der Waals surface area contributed by atoms with Gasteiger partial charge in [0.15, 0.2) is 0 Å². The lowest BCUT2D eigenvalue weighted by atomic mass is 10.0. The van der Waals surface area contributed by atoms with Crippen molar-refractivity contribution in [3.63, 3.8) is 0 Å². The Labute approximate surface area is 147 Å². The number of anilines is 1. The van der Waals surface area contributed by atoms with Crippen LogP contribution in [0, 0.1) is 0 Å². The first kappa shape index (κ1) is 16.7. The minimum Gasteiger partial charge on any atom is -0.307 e. The fraction of sp³-hybridized carbons (Fsp3) is 0.263. The molecule has 0 bridgehead atoms. The molecule has 5 heteroatoms. The first-order chi connectivity index (χ1) is 11.6. The predicted octanol–water partition coefficient (Wildman–Crippen LogP) is 4.10. The maximum atomic E-state index is 12.2. The van der Waals surface area contributed by atoms with Crippen molar-refractivity contribution in [2.24, 2.45) is 0 Å². The number of rotatable bonds is 3. The van der Waals surface area contributed by atoms with Gasteiger partial charge in [0.2, 0.25) is 0 Å². The molecule has 2 aromatic rings. The average Bonchev–Trinajstić information content (AvgIpc) is 2.57. The molecule has 1 saturated heterocycles. The summed E-state index contributed by atoms with van der Waals surface area (Å²) in [7, 11) is 2.13. The zero-order chi connectivity index (χ0) is 16.9. The molecule has 0 atom stereocenters. The Hall–Kier alpha value is -2.17. The highest BCUT2D eigenvalue weighted by atomic mass is 35.5. The Morgan fingerprint density at radius 2 is 1.92 bits per heavy atom. The molecule has 0 spiro atoms. The van der Waals surface area contributed by atoms with E-state index < -0.39 is 0 Å². The van der Waals surface area contributed by atoms with Crippen molar-refractivity contribution < 1.29 is 4.79 Å². The molecule has 1 aromatic carbocycles. The fourth-order valence-corrected chi connectivity index (χ4v) is 2.91. The number of piperidine rings is 1. The van der Waals surface area contributed by atoms with Gasteiger partial charge in [-0.1, -0.05) is 35.4 Å². The number of aromatic nitrogens is 1. The summed E-state index contributed by atoms with van der Waals surface area (Å²) in [5, 5.41) is 3.37. The van der Waals surface area contributed by atoms with E-state index in [-0.39, 0.29) is 5.91 Å². The highest BCUT2D eigenvalue weighted by molar-refractivity contribution is 6.31. The lowest BCUT2D eigenvalue weighted by Crippen LogP contribution is -2.26. The third-order valence-electron chi connectivity index (χ3n) is 4.07. The van der Waals surface area contributed by atoms with Gasteiger partial charge in [-0.15, -0.1) is 0 Å². The fourth-order valence-electron chi connectivity index (χ4n) is 2.69. The van der Waals surface area contributed by atoms with Crippen LogP contribution in [-0.2, 0) is 0 Å². The van der Waals surface area contributed by atoms with Crippen LogP contribution in [0.1, 0.15) is 28.9 Å². The van der Waals surface area contributed by atoms with Gasteiger partial charge in [-0.3, -0.25) is 4.79 Å². The maximum absolute atomic E-state index is 12.2. The first-order valence-corrected chi connectivity index (χ1v) is 8.40. The highest BCUT2D eigenvalue weighted by Crippen LogP contribution is 2.21. The third kappa shape index (κ3) is 4.43. The van der Waals surface area contributed by atoms with Gasteiger partial charge in [-0.2, -0.15) is 0 Å². The van der Waals surface area contributed by atoms with Crippen molar-refractivity contribution in [2.75, 3.05) is 25.5 Å². The molecule has 1 aliphatic heterocycles. The number of benzene rings is 1. The van der Waals surface area contributed by atoms with Crippen molar-refractivity contribution in [3.05, 3.63) is 64.3 Å². The van der Waals surface area contributed by atoms with E-state index in [4.69, 9.17) is 11.6 Å². The van der Waals surface area contributed by atoms with Crippen LogP contribution in [0.15, 0.2) is 48.0 Å². The van der Waals surface area contributed by atoms with Gasteiger partial charge in [-0.25, -0.2) is 4.98 Å². The number of halogens is 1. The number of amides is 1. The number of nitrogens with one attached hydrogen (secondary N) is 1. The van der Waals surface area contributed by atoms with Gasteiger partial charge >= 0.3 is 0 Å². The molecule has 1 amide bonds. The lowest BCUT2D eigenvalue weighted by molar-refractivity contribution is 0.102. The van der Waals surface area contributed by atoms with Crippen molar-refractivity contribution in [2.45, 2.75) is 12.8 Å². The number of nitrogens with zero attached hydrogens (tertiary/aromatic N) is 2. The van der Waals surface area contributed by atoms with E-state index in [0.29, 0.717) is 16.4 Å². The Kier molecular flexibility index (Phi) is 5.28. The Morgan fingerprint density at radius 1 is 1.21 bits per heavy atom. The molecule has 1 aliphatic rings. The monoisotopic (exact) mass is 341 g/mol. The molecule has 0 aliphatic carbocycles. The number of carbonyl (C=O) groups is 1. The number of hydrogen-bond donors (Lipinski definition) is 1. The summed E-state index contributed by atoms with van der Waals surface area (Å²) < 4.78 is 0. The van der Waals surface area contributed by atoms with Crippen LogP contribution in [0.3, 0.4) is 0 Å². The largest absolute Gasteiger partial charge is 0.307 e. The zero-order valence-electron chi connectivity index (χ0n) is 13.6. The standard InChI is InChI=1S/C19H20ClN3O/c1-23-9-7-14(8-10-23)11-17-12-16(20)13-18(21-17)22-19(24)15-5-3-2-4-6-15/h2-6,11-13H,7-10H2,1H3,(H,21,22,24). The second-order valence-electron chi connectivity index (χ2n) is 6.02. The van der Waals surface area contributed by atoms with E-state index in [0.717, 1.165) is 31.6 Å². The molecule has 4 nitrogen and oxygen atoms in total. The van der Waals surface area contributed by atoms with Crippen LogP contribution >= 0.6 is 11.6 Å². The van der Waals surface area contributed by atoms with Gasteiger partial charge < -0.3 is 10.2 Å². The summed E-state index contributed by atoms with van der Waals surface area (Å²) in [6.07, 6.45) is 4.16. The normalized spacial score (nSPS) is 15.2. The summed E-state index contributed by atoms with van der Waals surface area (Å²) in [5.41, 5.74) is 2.74. The maximum Gasteiger partial charge on any atom is 0.256 e. The molecule has 24 heavy (non-hydrogen) atoms. The summed E-state index contributed by atoms with van der Waals surface area (Å²) in [5.74, 6) is 0.277. The van der Waals surface area contributed by atoms with E-state index in [1.807, 2.05) is 24.3 Å². The number of hydrogen-bond acceptors (Lipinski definition) is 3. The van der Waals surface area contributed by atoms with E-state index in [2.05, 4.69) is 28.3 Å². The van der Waals surface area contributed by atoms with Crippen molar-refractivity contribution >= 4 is 29.4 Å². The van der Waals surface area contributed by atoms with Crippen LogP contribution < -0.4 is 5.32 Å². The van der Waals surface area contributed by atoms with E-state index in [1.54, 1.807) is 18.2 Å². The summed E-state index contributed by atoms with van der Waals surface area (Å²) in [6, 6.07) is 12.6. The van der Waals surface area contributed by atoms with Crippen molar-refractivity contribution in [1.29, 1.82) is 0 Å². The van der Waals surface area contributed by atoms with Gasteiger partial charge in [-0.05, 0) is 50.2 Å². The molecule has 1 aromatic heterocycles. The van der Waals surface area contributed by atoms with Crippen molar-refractivity contribution in [1.82, 2.24) is 9.88 Å². The molecule has 0 radical (unpaired) electrons. The molecule has 124 valence electrons. The summed E-state index contributed by atoms with van der Waals surface area (Å²) in [6.45, 7) is 2.12. The Morgan fingerprint density at radius 3 is 2.62 bits per heavy atom. The van der Waals surface area contributed by atoms with Gasteiger partial charge in [0.1, 0.15) is 5.82 Å². The SMILES string of the molecule is CN1CCC(=Cc2cc(Cl)cc(NC(=O)c3ccccc3)n2)CC1. The molecule has 2 heterocycles. The van der Waals surface area contributed by atoms with E-state index in [9.17, 15) is 4.79 Å². The van der Waals surface area contributed by atoms with Crippen LogP contribution in [0.2, 0.25) is 5.02 Å². The van der Waals surface area contributed by atoms with Crippen LogP contribution in [-0.4, -0.2) is 35.9 Å². The zero-order valence-corrected chi connectivity index (χ0v) is 14.4. The molecular weight excluding hydrogens is 322 g/mol. The molecule has 0 unspecified atom stereocenters. The third-order valence-corrected chi connectivity index (χ3v) is 4.29. The number of pyridine rings is 1. The van der Waals surface area contributed by atoms with Gasteiger partial charge in [0.05, 0.1) is 5.69 Å².